The first-order chi connectivity index (χ1) is 10.7. The number of nitrogens with zero attached hydrogens (tertiary/aromatic N) is 2. The van der Waals surface area contributed by atoms with Crippen LogP contribution < -0.4 is 10.9 Å². The zero-order valence-corrected chi connectivity index (χ0v) is 13.9. The van der Waals surface area contributed by atoms with Crippen LogP contribution in [0.25, 0.3) is 0 Å². The number of alkyl carbamates (subject to hydrolysis) is 1. The fourth-order valence-electron chi connectivity index (χ4n) is 1.60. The monoisotopic (exact) mass is 325 g/mol. The molecule has 23 heavy (non-hydrogen) atoms. The van der Waals surface area contributed by atoms with Crippen molar-refractivity contribution in [2.24, 2.45) is 0 Å². The minimum atomic E-state index is -0.586. The number of nitrogens with one attached hydrogen (secondary N) is 1. The highest BCUT2D eigenvalue weighted by Crippen LogP contribution is 2.06. The van der Waals surface area contributed by atoms with Crippen LogP contribution in [0.5, 0.6) is 0 Å². The molecule has 1 N–H and O–H groups in total. The lowest BCUT2D eigenvalue weighted by atomic mass is 10.2. The maximum Gasteiger partial charge on any atom is 0.407 e. The minimum absolute atomic E-state index is 0.0278. The molecule has 0 aliphatic heterocycles. The number of amides is 1. The zero-order chi connectivity index (χ0) is 17.5. The number of rotatable bonds is 6. The lowest BCUT2D eigenvalue weighted by molar-refractivity contribution is -0.144. The summed E-state index contributed by atoms with van der Waals surface area (Å²) < 4.78 is 11.5. The van der Waals surface area contributed by atoms with E-state index in [1.54, 1.807) is 27.7 Å². The molecular weight excluding hydrogens is 302 g/mol. The van der Waals surface area contributed by atoms with Crippen LogP contribution in [0.15, 0.2) is 23.4 Å². The molecule has 0 aliphatic rings. The van der Waals surface area contributed by atoms with E-state index < -0.39 is 17.7 Å². The van der Waals surface area contributed by atoms with Gasteiger partial charge in [-0.2, -0.15) is 0 Å². The van der Waals surface area contributed by atoms with Gasteiger partial charge in [0.15, 0.2) is 0 Å². The third-order valence-electron chi connectivity index (χ3n) is 2.61. The number of aryl methyl sites for hydroxylation is 1. The summed E-state index contributed by atoms with van der Waals surface area (Å²) in [5, 5.41) is 2.57. The molecule has 0 aromatic carbocycles. The molecule has 1 rings (SSSR count). The molecule has 0 unspecified atom stereocenters. The smallest absolute Gasteiger partial charge is 0.407 e. The van der Waals surface area contributed by atoms with Gasteiger partial charge in [-0.15, -0.1) is 0 Å². The lowest BCUT2D eigenvalue weighted by Gasteiger charge is -2.21. The number of hydrogen-bond donors (Lipinski definition) is 1. The van der Waals surface area contributed by atoms with Gasteiger partial charge in [-0.1, -0.05) is 0 Å². The molecule has 128 valence electrons. The largest absolute Gasteiger partial charge is 0.463 e. The van der Waals surface area contributed by atoms with Crippen molar-refractivity contribution < 1.29 is 19.1 Å². The lowest BCUT2D eigenvalue weighted by Crippen LogP contribution is -2.40. The van der Waals surface area contributed by atoms with Crippen LogP contribution in [0.4, 0.5) is 4.79 Å². The third-order valence-corrected chi connectivity index (χ3v) is 2.61. The molecule has 0 radical (unpaired) electrons. The van der Waals surface area contributed by atoms with Gasteiger partial charge in [0.2, 0.25) is 0 Å². The summed E-state index contributed by atoms with van der Waals surface area (Å²) >= 11 is 0. The van der Waals surface area contributed by atoms with Crippen molar-refractivity contribution in [2.45, 2.75) is 52.3 Å². The third kappa shape index (κ3) is 7.98. The van der Waals surface area contributed by atoms with Crippen molar-refractivity contribution in [2.75, 3.05) is 6.61 Å². The summed E-state index contributed by atoms with van der Waals surface area (Å²) in [6.45, 7) is 7.20. The highest BCUT2D eigenvalue weighted by atomic mass is 16.6. The van der Waals surface area contributed by atoms with E-state index in [4.69, 9.17) is 9.47 Å². The van der Waals surface area contributed by atoms with Gasteiger partial charge in [0.25, 0.3) is 5.56 Å². The Morgan fingerprint density at radius 3 is 2.70 bits per heavy atom. The Morgan fingerprint density at radius 2 is 2.09 bits per heavy atom. The second-order valence-corrected chi connectivity index (χ2v) is 6.09. The molecule has 1 atom stereocenters. The first-order valence-electron chi connectivity index (χ1n) is 7.33. The first-order valence-corrected chi connectivity index (χ1v) is 7.33. The van der Waals surface area contributed by atoms with Gasteiger partial charge in [0.05, 0.1) is 18.8 Å². The molecule has 8 heteroatoms. The standard InChI is InChI=1S/C15H23N3O5/c1-11(17-14(21)23-15(2,3)4)9-22-13(20)6-8-18-10-16-7-5-12(18)19/h5,7,10-11H,6,8-9H2,1-4H3,(H,17,21)/t11-/m1/s1. The summed E-state index contributed by atoms with van der Waals surface area (Å²) in [5.74, 6) is -0.460. The van der Waals surface area contributed by atoms with E-state index in [1.165, 1.54) is 23.2 Å². The molecule has 0 saturated heterocycles. The van der Waals surface area contributed by atoms with Crippen LogP contribution in [0.1, 0.15) is 34.1 Å². The van der Waals surface area contributed by atoms with E-state index in [0.717, 1.165) is 0 Å². The molecule has 0 spiro atoms. The van der Waals surface area contributed by atoms with Gasteiger partial charge in [0.1, 0.15) is 12.2 Å². The molecule has 1 aromatic rings. The van der Waals surface area contributed by atoms with Gasteiger partial charge in [-0.05, 0) is 27.7 Å². The summed E-state index contributed by atoms with van der Waals surface area (Å²) in [6.07, 6.45) is 2.23. The average molecular weight is 325 g/mol. The van der Waals surface area contributed by atoms with Crippen LogP contribution in [-0.4, -0.2) is 39.9 Å². The van der Waals surface area contributed by atoms with Gasteiger partial charge >= 0.3 is 12.1 Å². The summed E-state index contributed by atoms with van der Waals surface area (Å²) in [5.41, 5.74) is -0.815. The van der Waals surface area contributed by atoms with Crippen molar-refractivity contribution in [1.29, 1.82) is 0 Å². The molecule has 0 bridgehead atoms. The van der Waals surface area contributed by atoms with E-state index in [2.05, 4.69) is 10.3 Å². The Kier molecular flexibility index (Phi) is 6.74. The highest BCUT2D eigenvalue weighted by molar-refractivity contribution is 5.70. The molecular formula is C15H23N3O5. The number of carbonyl (C=O) groups is 2. The SMILES string of the molecule is C[C@H](COC(=O)CCn1cnccc1=O)NC(=O)OC(C)(C)C. The van der Waals surface area contributed by atoms with Crippen LogP contribution in [0.3, 0.4) is 0 Å². The fourth-order valence-corrected chi connectivity index (χ4v) is 1.60. The Bertz CT molecular complexity index is 591. The van der Waals surface area contributed by atoms with Crippen LogP contribution in [0.2, 0.25) is 0 Å². The second kappa shape index (κ2) is 8.30. The van der Waals surface area contributed by atoms with Gasteiger partial charge in [0, 0.05) is 18.8 Å². The van der Waals surface area contributed by atoms with E-state index in [0.29, 0.717) is 0 Å². The van der Waals surface area contributed by atoms with Crippen LogP contribution >= 0.6 is 0 Å². The van der Waals surface area contributed by atoms with E-state index in [1.807, 2.05) is 0 Å². The number of hydrogen-bond acceptors (Lipinski definition) is 6. The Hall–Kier alpha value is -2.38. The molecule has 0 fully saturated rings. The zero-order valence-electron chi connectivity index (χ0n) is 13.9. The molecule has 1 aromatic heterocycles. The predicted molar refractivity (Wildman–Crippen MR) is 82.9 cm³/mol. The Labute approximate surface area is 134 Å². The summed E-state index contributed by atoms with van der Waals surface area (Å²) in [4.78, 5) is 38.4. The number of aromatic nitrogens is 2. The van der Waals surface area contributed by atoms with Gasteiger partial charge in [-0.3, -0.25) is 14.2 Å². The predicted octanol–water partition coefficient (Wildman–Crippen LogP) is 1.09. The number of carbonyl (C=O) groups excluding carboxylic acids is 2. The van der Waals surface area contributed by atoms with Crippen LogP contribution in [-0.2, 0) is 20.8 Å². The maximum absolute atomic E-state index is 11.6. The molecule has 0 saturated carbocycles. The van der Waals surface area contributed by atoms with Crippen molar-refractivity contribution in [3.63, 3.8) is 0 Å². The summed E-state index contributed by atoms with van der Waals surface area (Å²) in [6, 6.07) is 0.938. The van der Waals surface area contributed by atoms with Gasteiger partial charge < -0.3 is 14.8 Å². The molecule has 8 nitrogen and oxygen atoms in total. The number of ether oxygens (including phenoxy) is 2. The quantitative estimate of drug-likeness (QED) is 0.786. The Balaban J connectivity index is 2.29. The minimum Gasteiger partial charge on any atom is -0.463 e. The van der Waals surface area contributed by atoms with Crippen molar-refractivity contribution in [3.05, 3.63) is 28.9 Å². The Morgan fingerprint density at radius 1 is 1.39 bits per heavy atom. The second-order valence-electron chi connectivity index (χ2n) is 6.09. The maximum atomic E-state index is 11.6. The first kappa shape index (κ1) is 18.7. The fraction of sp³-hybridized carbons (Fsp3) is 0.600. The van der Waals surface area contributed by atoms with Crippen molar-refractivity contribution in [1.82, 2.24) is 14.9 Å². The van der Waals surface area contributed by atoms with E-state index in [-0.39, 0.29) is 31.2 Å². The van der Waals surface area contributed by atoms with Crippen LogP contribution in [0, 0.1) is 0 Å². The van der Waals surface area contributed by atoms with E-state index >= 15 is 0 Å². The van der Waals surface area contributed by atoms with Crippen molar-refractivity contribution >= 4 is 12.1 Å². The van der Waals surface area contributed by atoms with E-state index in [9.17, 15) is 14.4 Å². The molecule has 1 heterocycles. The topological polar surface area (TPSA) is 99.5 Å². The molecule has 1 amide bonds. The normalized spacial score (nSPS) is 12.3. The highest BCUT2D eigenvalue weighted by Gasteiger charge is 2.18. The average Bonchev–Trinajstić information content (AvgIpc) is 2.42. The molecule has 0 aliphatic carbocycles. The number of esters is 1. The van der Waals surface area contributed by atoms with Crippen molar-refractivity contribution in [3.8, 4) is 0 Å². The summed E-state index contributed by atoms with van der Waals surface area (Å²) in [7, 11) is 0. The van der Waals surface area contributed by atoms with Gasteiger partial charge in [-0.25, -0.2) is 9.78 Å².